The van der Waals surface area contributed by atoms with Gasteiger partial charge in [0.05, 0.1) is 5.25 Å². The third-order valence-electron chi connectivity index (χ3n) is 3.75. The molecule has 0 spiro atoms. The summed E-state index contributed by atoms with van der Waals surface area (Å²) in [6.45, 7) is 1.90. The van der Waals surface area contributed by atoms with Crippen molar-refractivity contribution < 1.29 is 4.79 Å². The van der Waals surface area contributed by atoms with Crippen molar-refractivity contribution in [3.8, 4) is 0 Å². The third-order valence-corrected chi connectivity index (χ3v) is 5.11. The summed E-state index contributed by atoms with van der Waals surface area (Å²) in [6.07, 6.45) is 8.27. The Bertz CT molecular complexity index is 506. The summed E-state index contributed by atoms with van der Waals surface area (Å²) in [5.41, 5.74) is 3.87. The van der Waals surface area contributed by atoms with Gasteiger partial charge in [-0.05, 0) is 56.9 Å². The average Bonchev–Trinajstić information content (AvgIpc) is 2.48. The van der Waals surface area contributed by atoms with Crippen molar-refractivity contribution in [2.24, 2.45) is 5.10 Å². The van der Waals surface area contributed by atoms with Crippen LogP contribution in [0.4, 0.5) is 0 Å². The summed E-state index contributed by atoms with van der Waals surface area (Å²) in [7, 11) is 0. The number of hydrogen-bond donors (Lipinski definition) is 1. The van der Waals surface area contributed by atoms with Crippen LogP contribution in [0.3, 0.4) is 0 Å². The minimum Gasteiger partial charge on any atom is -0.272 e. The van der Waals surface area contributed by atoms with Gasteiger partial charge in [0.25, 0.3) is 5.91 Å². The third kappa shape index (κ3) is 6.01. The fourth-order valence-electron chi connectivity index (χ4n) is 2.42. The lowest BCUT2D eigenvalue weighted by Gasteiger charge is -2.13. The van der Waals surface area contributed by atoms with Crippen molar-refractivity contribution in [3.05, 3.63) is 29.3 Å². The number of thioether (sulfide) groups is 1. The van der Waals surface area contributed by atoms with Crippen LogP contribution in [0.2, 0.25) is 5.02 Å². The second-order valence-electron chi connectivity index (χ2n) is 5.64. The largest absolute Gasteiger partial charge is 0.272 e. The van der Waals surface area contributed by atoms with Crippen LogP contribution in [0.15, 0.2) is 34.3 Å². The molecule has 120 valence electrons. The van der Waals surface area contributed by atoms with E-state index >= 15 is 0 Å². The molecule has 0 aliphatic heterocycles. The quantitative estimate of drug-likeness (QED) is 0.617. The lowest BCUT2D eigenvalue weighted by Crippen LogP contribution is -2.28. The predicted molar refractivity (Wildman–Crippen MR) is 94.7 cm³/mol. The number of nitrogens with zero attached hydrogens (tertiary/aromatic N) is 1. The average molecular weight is 339 g/mol. The summed E-state index contributed by atoms with van der Waals surface area (Å²) in [6, 6.07) is 7.53. The molecule has 1 unspecified atom stereocenters. The number of halogens is 1. The van der Waals surface area contributed by atoms with Crippen LogP contribution >= 0.6 is 23.4 Å². The van der Waals surface area contributed by atoms with Crippen LogP contribution in [0.5, 0.6) is 0 Å². The van der Waals surface area contributed by atoms with Gasteiger partial charge in [-0.1, -0.05) is 30.9 Å². The van der Waals surface area contributed by atoms with E-state index in [1.165, 1.54) is 43.9 Å². The molecule has 1 saturated carbocycles. The summed E-state index contributed by atoms with van der Waals surface area (Å²) in [4.78, 5) is 13.2. The molecule has 0 bridgehead atoms. The van der Waals surface area contributed by atoms with E-state index in [-0.39, 0.29) is 11.2 Å². The molecule has 1 amide bonds. The van der Waals surface area contributed by atoms with E-state index in [1.807, 2.05) is 31.2 Å². The SMILES string of the molecule is CC(Sc1ccc(Cl)cc1)C(=O)NN=C1CCCCCCC1. The van der Waals surface area contributed by atoms with Crippen molar-refractivity contribution in [2.75, 3.05) is 0 Å². The number of hydrazone groups is 1. The maximum atomic E-state index is 12.1. The highest BCUT2D eigenvalue weighted by Crippen LogP contribution is 2.24. The monoisotopic (exact) mass is 338 g/mol. The second-order valence-corrected chi connectivity index (χ2v) is 7.49. The van der Waals surface area contributed by atoms with Gasteiger partial charge >= 0.3 is 0 Å². The number of carbonyl (C=O) groups excluding carboxylic acids is 1. The lowest BCUT2D eigenvalue weighted by molar-refractivity contribution is -0.120. The smallest absolute Gasteiger partial charge is 0.253 e. The Morgan fingerprint density at radius 3 is 2.36 bits per heavy atom. The van der Waals surface area contributed by atoms with Gasteiger partial charge < -0.3 is 0 Å². The Hall–Kier alpha value is -1.00. The van der Waals surface area contributed by atoms with E-state index in [4.69, 9.17) is 11.6 Å². The minimum absolute atomic E-state index is 0.0468. The Balaban J connectivity index is 1.83. The maximum absolute atomic E-state index is 12.1. The molecule has 1 N–H and O–H groups in total. The van der Waals surface area contributed by atoms with Crippen LogP contribution in [0, 0.1) is 0 Å². The van der Waals surface area contributed by atoms with Gasteiger partial charge in [0.2, 0.25) is 0 Å². The van der Waals surface area contributed by atoms with Crippen molar-refractivity contribution in [3.63, 3.8) is 0 Å². The molecular weight excluding hydrogens is 316 g/mol. The highest BCUT2D eigenvalue weighted by Gasteiger charge is 2.14. The molecule has 2 rings (SSSR count). The van der Waals surface area contributed by atoms with Crippen LogP contribution in [-0.2, 0) is 4.79 Å². The Morgan fingerprint density at radius 1 is 1.14 bits per heavy atom. The van der Waals surface area contributed by atoms with E-state index in [0.717, 1.165) is 23.4 Å². The van der Waals surface area contributed by atoms with E-state index in [9.17, 15) is 4.79 Å². The van der Waals surface area contributed by atoms with E-state index in [1.54, 1.807) is 0 Å². The van der Waals surface area contributed by atoms with Crippen LogP contribution in [-0.4, -0.2) is 16.9 Å². The lowest BCUT2D eigenvalue weighted by atomic mass is 9.99. The van der Waals surface area contributed by atoms with E-state index in [2.05, 4.69) is 10.5 Å². The van der Waals surface area contributed by atoms with E-state index in [0.29, 0.717) is 5.02 Å². The van der Waals surface area contributed by atoms with Crippen molar-refractivity contribution in [1.82, 2.24) is 5.43 Å². The summed E-state index contributed by atoms with van der Waals surface area (Å²) < 4.78 is 0. The topological polar surface area (TPSA) is 41.5 Å². The number of amides is 1. The van der Waals surface area contributed by atoms with Gasteiger partial charge in [-0.25, -0.2) is 5.43 Å². The molecule has 0 aromatic heterocycles. The van der Waals surface area contributed by atoms with Crippen molar-refractivity contribution in [1.29, 1.82) is 0 Å². The fraction of sp³-hybridized carbons (Fsp3) is 0.529. The summed E-state index contributed by atoms with van der Waals surface area (Å²) in [5, 5.41) is 4.87. The molecule has 1 aromatic rings. The first-order chi connectivity index (χ1) is 10.6. The van der Waals surface area contributed by atoms with Crippen molar-refractivity contribution in [2.45, 2.75) is 62.0 Å². The molecule has 1 atom stereocenters. The van der Waals surface area contributed by atoms with Gasteiger partial charge in [-0.15, -0.1) is 11.8 Å². The molecule has 1 fully saturated rings. The first-order valence-electron chi connectivity index (χ1n) is 7.92. The highest BCUT2D eigenvalue weighted by atomic mass is 35.5. The molecular formula is C17H23ClN2OS. The molecule has 0 radical (unpaired) electrons. The van der Waals surface area contributed by atoms with Gasteiger partial charge in [0.1, 0.15) is 0 Å². The minimum atomic E-state index is -0.181. The van der Waals surface area contributed by atoms with Crippen LogP contribution < -0.4 is 5.43 Å². The summed E-state index contributed by atoms with van der Waals surface area (Å²) in [5.74, 6) is -0.0468. The van der Waals surface area contributed by atoms with Gasteiger partial charge in [-0.3, -0.25) is 4.79 Å². The van der Waals surface area contributed by atoms with Gasteiger partial charge in [0, 0.05) is 15.6 Å². The Morgan fingerprint density at radius 2 is 1.73 bits per heavy atom. The fourth-order valence-corrected chi connectivity index (χ4v) is 3.41. The number of rotatable bonds is 4. The standard InChI is InChI=1S/C17H23ClN2OS/c1-13(22-16-11-9-14(18)10-12-16)17(21)20-19-15-7-5-3-2-4-6-8-15/h9-13H,2-8H2,1H3,(H,20,21). The Kier molecular flexibility index (Phi) is 7.26. The van der Waals surface area contributed by atoms with Crippen molar-refractivity contribution >= 4 is 35.0 Å². The first kappa shape index (κ1) is 17.4. The molecule has 22 heavy (non-hydrogen) atoms. The van der Waals surface area contributed by atoms with Gasteiger partial charge in [-0.2, -0.15) is 5.10 Å². The molecule has 0 heterocycles. The van der Waals surface area contributed by atoms with E-state index < -0.39 is 0 Å². The number of benzene rings is 1. The molecule has 3 nitrogen and oxygen atoms in total. The van der Waals surface area contributed by atoms with Crippen LogP contribution in [0.1, 0.15) is 51.9 Å². The zero-order valence-electron chi connectivity index (χ0n) is 13.0. The number of nitrogens with one attached hydrogen (secondary N) is 1. The number of hydrogen-bond acceptors (Lipinski definition) is 3. The maximum Gasteiger partial charge on any atom is 0.253 e. The summed E-state index contributed by atoms with van der Waals surface area (Å²) >= 11 is 7.38. The van der Waals surface area contributed by atoms with Gasteiger partial charge in [0.15, 0.2) is 0 Å². The second kappa shape index (κ2) is 9.21. The number of carbonyl (C=O) groups is 1. The molecule has 1 aromatic carbocycles. The molecule has 5 heteroatoms. The predicted octanol–water partition coefficient (Wildman–Crippen LogP) is 5.04. The molecule has 0 saturated heterocycles. The molecule has 1 aliphatic rings. The highest BCUT2D eigenvalue weighted by molar-refractivity contribution is 8.00. The first-order valence-corrected chi connectivity index (χ1v) is 9.18. The van der Waals surface area contributed by atoms with Crippen LogP contribution in [0.25, 0.3) is 0 Å². The Labute approximate surface area is 141 Å². The zero-order valence-corrected chi connectivity index (χ0v) is 14.6. The zero-order chi connectivity index (χ0) is 15.8. The molecule has 1 aliphatic carbocycles. The normalized spacial score (nSPS) is 17.3.